The van der Waals surface area contributed by atoms with Gasteiger partial charge in [-0.2, -0.15) is 0 Å². The molecule has 0 aliphatic carbocycles. The Morgan fingerprint density at radius 1 is 1.12 bits per heavy atom. The summed E-state index contributed by atoms with van der Waals surface area (Å²) in [5.41, 5.74) is 2.51. The lowest BCUT2D eigenvalue weighted by Gasteiger charge is -2.07. The second kappa shape index (κ2) is 7.41. The molecule has 0 bridgehead atoms. The van der Waals surface area contributed by atoms with E-state index in [1.165, 1.54) is 6.08 Å². The maximum atomic E-state index is 12.0. The number of carbonyl (C=O) groups is 1. The van der Waals surface area contributed by atoms with Crippen LogP contribution in [0.3, 0.4) is 0 Å². The van der Waals surface area contributed by atoms with Crippen LogP contribution in [-0.4, -0.2) is 19.1 Å². The molecule has 1 aliphatic rings. The Hall–Kier alpha value is -2.46. The standard InChI is InChI=1S/C19H18ClNO3/c1-13-3-6-15(12-16(13)20)21-19(22)8-5-14-4-7-17-18(11-14)24-10-2-9-23-17/h3-8,11-12H,2,9-10H2,1H3,(H,21,22)/b8-5+. The van der Waals surface area contributed by atoms with Crippen molar-refractivity contribution in [1.29, 1.82) is 0 Å². The molecule has 2 aromatic rings. The Bertz CT molecular complexity index is 786. The van der Waals surface area contributed by atoms with Crippen LogP contribution in [0, 0.1) is 6.92 Å². The fourth-order valence-corrected chi connectivity index (χ4v) is 2.49. The van der Waals surface area contributed by atoms with Gasteiger partial charge in [-0.05, 0) is 48.4 Å². The number of anilines is 1. The third kappa shape index (κ3) is 4.09. The number of amides is 1. The number of carbonyl (C=O) groups excluding carboxylic acids is 1. The first-order valence-electron chi connectivity index (χ1n) is 7.77. The van der Waals surface area contributed by atoms with Gasteiger partial charge in [0.25, 0.3) is 0 Å². The Morgan fingerprint density at radius 2 is 1.92 bits per heavy atom. The highest BCUT2D eigenvalue weighted by molar-refractivity contribution is 6.31. The Morgan fingerprint density at radius 3 is 2.71 bits per heavy atom. The molecule has 124 valence electrons. The average Bonchev–Trinajstić information content (AvgIpc) is 2.81. The van der Waals surface area contributed by atoms with Gasteiger partial charge in [0.05, 0.1) is 13.2 Å². The number of nitrogens with one attached hydrogen (secondary N) is 1. The summed E-state index contributed by atoms with van der Waals surface area (Å²) in [4.78, 5) is 12.0. The van der Waals surface area contributed by atoms with E-state index >= 15 is 0 Å². The minimum absolute atomic E-state index is 0.220. The molecule has 1 N–H and O–H groups in total. The average molecular weight is 344 g/mol. The van der Waals surface area contributed by atoms with Gasteiger partial charge >= 0.3 is 0 Å². The summed E-state index contributed by atoms with van der Waals surface area (Å²) in [7, 11) is 0. The third-order valence-corrected chi connectivity index (χ3v) is 4.05. The van der Waals surface area contributed by atoms with Crippen molar-refractivity contribution in [3.63, 3.8) is 0 Å². The topological polar surface area (TPSA) is 47.6 Å². The molecule has 4 nitrogen and oxygen atoms in total. The number of rotatable bonds is 3. The van der Waals surface area contributed by atoms with Gasteiger partial charge in [-0.15, -0.1) is 0 Å². The van der Waals surface area contributed by atoms with Crippen LogP contribution in [0.25, 0.3) is 6.08 Å². The SMILES string of the molecule is Cc1ccc(NC(=O)/C=C/c2ccc3c(c2)OCCCO3)cc1Cl. The molecule has 0 radical (unpaired) electrons. The predicted molar refractivity (Wildman–Crippen MR) is 95.9 cm³/mol. The maximum absolute atomic E-state index is 12.0. The fourth-order valence-electron chi connectivity index (χ4n) is 2.31. The fraction of sp³-hybridized carbons (Fsp3) is 0.211. The normalized spacial score (nSPS) is 13.6. The van der Waals surface area contributed by atoms with E-state index in [2.05, 4.69) is 5.32 Å². The zero-order valence-electron chi connectivity index (χ0n) is 13.3. The molecular weight excluding hydrogens is 326 g/mol. The van der Waals surface area contributed by atoms with Crippen LogP contribution in [0.1, 0.15) is 17.5 Å². The molecule has 0 saturated carbocycles. The van der Waals surface area contributed by atoms with Crippen molar-refractivity contribution in [3.8, 4) is 11.5 Å². The largest absolute Gasteiger partial charge is 0.490 e. The summed E-state index contributed by atoms with van der Waals surface area (Å²) in [6, 6.07) is 11.0. The highest BCUT2D eigenvalue weighted by atomic mass is 35.5. The van der Waals surface area contributed by atoms with Gasteiger partial charge in [0.2, 0.25) is 5.91 Å². The molecule has 3 rings (SSSR count). The minimum atomic E-state index is -0.220. The lowest BCUT2D eigenvalue weighted by Crippen LogP contribution is -2.07. The lowest BCUT2D eigenvalue weighted by atomic mass is 10.2. The Kier molecular flexibility index (Phi) is 5.06. The molecule has 0 saturated heterocycles. The Labute approximate surface area is 146 Å². The molecule has 2 aromatic carbocycles. The van der Waals surface area contributed by atoms with Gasteiger partial charge in [-0.3, -0.25) is 4.79 Å². The van der Waals surface area contributed by atoms with Crippen molar-refractivity contribution in [2.45, 2.75) is 13.3 Å². The highest BCUT2D eigenvalue weighted by Crippen LogP contribution is 2.30. The number of fused-ring (bicyclic) bond motifs is 1. The van der Waals surface area contributed by atoms with Crippen molar-refractivity contribution in [3.05, 3.63) is 58.6 Å². The predicted octanol–water partition coefficient (Wildman–Crippen LogP) is 4.46. The first kappa shape index (κ1) is 16.4. The maximum Gasteiger partial charge on any atom is 0.248 e. The van der Waals surface area contributed by atoms with Crippen molar-refractivity contribution in [2.24, 2.45) is 0 Å². The van der Waals surface area contributed by atoms with Gasteiger partial charge in [-0.25, -0.2) is 0 Å². The highest BCUT2D eigenvalue weighted by Gasteiger charge is 2.09. The summed E-state index contributed by atoms with van der Waals surface area (Å²) >= 11 is 6.06. The van der Waals surface area contributed by atoms with Gasteiger partial charge in [0.15, 0.2) is 11.5 Å². The van der Waals surface area contributed by atoms with E-state index in [1.54, 1.807) is 12.1 Å². The van der Waals surface area contributed by atoms with Crippen LogP contribution in [-0.2, 0) is 4.79 Å². The van der Waals surface area contributed by atoms with E-state index in [4.69, 9.17) is 21.1 Å². The zero-order valence-corrected chi connectivity index (χ0v) is 14.1. The Balaban J connectivity index is 1.67. The van der Waals surface area contributed by atoms with E-state index in [9.17, 15) is 4.79 Å². The van der Waals surface area contributed by atoms with E-state index in [0.717, 1.165) is 23.3 Å². The van der Waals surface area contributed by atoms with Crippen molar-refractivity contribution in [2.75, 3.05) is 18.5 Å². The van der Waals surface area contributed by atoms with Gasteiger partial charge in [0.1, 0.15) is 0 Å². The van der Waals surface area contributed by atoms with Crippen LogP contribution in [0.4, 0.5) is 5.69 Å². The second-order valence-corrected chi connectivity index (χ2v) is 5.95. The van der Waals surface area contributed by atoms with Crippen LogP contribution in [0.5, 0.6) is 11.5 Å². The lowest BCUT2D eigenvalue weighted by molar-refractivity contribution is -0.111. The monoisotopic (exact) mass is 343 g/mol. The number of ether oxygens (including phenoxy) is 2. The quantitative estimate of drug-likeness (QED) is 0.837. The van der Waals surface area contributed by atoms with Crippen LogP contribution >= 0.6 is 11.6 Å². The van der Waals surface area contributed by atoms with Gasteiger partial charge < -0.3 is 14.8 Å². The third-order valence-electron chi connectivity index (χ3n) is 3.64. The van der Waals surface area contributed by atoms with Gasteiger partial charge in [-0.1, -0.05) is 23.7 Å². The number of halogens is 1. The molecule has 0 atom stereocenters. The van der Waals surface area contributed by atoms with E-state index < -0.39 is 0 Å². The van der Waals surface area contributed by atoms with Crippen LogP contribution < -0.4 is 14.8 Å². The summed E-state index contributed by atoms with van der Waals surface area (Å²) in [5.74, 6) is 1.23. The summed E-state index contributed by atoms with van der Waals surface area (Å²) in [6.07, 6.45) is 4.08. The molecule has 1 amide bonds. The smallest absolute Gasteiger partial charge is 0.248 e. The number of hydrogen-bond acceptors (Lipinski definition) is 3. The molecule has 0 fully saturated rings. The van der Waals surface area contributed by atoms with Crippen molar-refractivity contribution < 1.29 is 14.3 Å². The molecular formula is C19H18ClNO3. The number of benzene rings is 2. The zero-order chi connectivity index (χ0) is 16.9. The summed E-state index contributed by atoms with van der Waals surface area (Å²) in [6.45, 7) is 3.20. The molecule has 0 spiro atoms. The number of aryl methyl sites for hydroxylation is 1. The molecule has 0 aromatic heterocycles. The van der Waals surface area contributed by atoms with Crippen LogP contribution in [0.15, 0.2) is 42.5 Å². The summed E-state index contributed by atoms with van der Waals surface area (Å²) < 4.78 is 11.2. The molecule has 5 heteroatoms. The molecule has 24 heavy (non-hydrogen) atoms. The minimum Gasteiger partial charge on any atom is -0.490 e. The van der Waals surface area contributed by atoms with E-state index in [1.807, 2.05) is 37.3 Å². The molecule has 0 unspecified atom stereocenters. The first-order valence-corrected chi connectivity index (χ1v) is 8.14. The van der Waals surface area contributed by atoms with Crippen molar-refractivity contribution in [1.82, 2.24) is 0 Å². The van der Waals surface area contributed by atoms with Crippen LogP contribution in [0.2, 0.25) is 5.02 Å². The summed E-state index contributed by atoms with van der Waals surface area (Å²) in [5, 5.41) is 3.41. The van der Waals surface area contributed by atoms with Gasteiger partial charge in [0, 0.05) is 23.2 Å². The van der Waals surface area contributed by atoms with Crippen molar-refractivity contribution >= 4 is 29.3 Å². The molecule has 1 aliphatic heterocycles. The first-order chi connectivity index (χ1) is 11.6. The second-order valence-electron chi connectivity index (χ2n) is 5.54. The van der Waals surface area contributed by atoms with E-state index in [0.29, 0.717) is 29.7 Å². The number of hydrogen-bond donors (Lipinski definition) is 1. The van der Waals surface area contributed by atoms with E-state index in [-0.39, 0.29) is 5.91 Å². The molecule has 1 heterocycles.